The molecule has 0 saturated heterocycles. The van der Waals surface area contributed by atoms with Crippen molar-refractivity contribution in [1.29, 1.82) is 0 Å². The van der Waals surface area contributed by atoms with E-state index in [0.29, 0.717) is 0 Å². The van der Waals surface area contributed by atoms with Gasteiger partial charge in [0, 0.05) is 11.2 Å². The Morgan fingerprint density at radius 2 is 2.00 bits per heavy atom. The van der Waals surface area contributed by atoms with E-state index >= 15 is 0 Å². The highest BCUT2D eigenvalue weighted by Gasteiger charge is 2.30. The minimum atomic E-state index is -4.46. The van der Waals surface area contributed by atoms with E-state index in [1.165, 1.54) is 12.1 Å². The molecule has 1 aromatic carbocycles. The Kier molecular flexibility index (Phi) is 4.41. The summed E-state index contributed by atoms with van der Waals surface area (Å²) in [4.78, 5) is 11.3. The van der Waals surface area contributed by atoms with Crippen molar-refractivity contribution in [2.75, 3.05) is 11.9 Å². The topological polar surface area (TPSA) is 64.3 Å². The monoisotopic (exact) mass is 276 g/mol. The summed E-state index contributed by atoms with van der Waals surface area (Å²) in [5.74, 6) is 0. The van der Waals surface area contributed by atoms with E-state index in [2.05, 4.69) is 5.32 Å². The van der Waals surface area contributed by atoms with Crippen molar-refractivity contribution in [2.24, 2.45) is 5.73 Å². The molecule has 0 heterocycles. The van der Waals surface area contributed by atoms with Gasteiger partial charge in [-0.1, -0.05) is 6.07 Å². The Morgan fingerprint density at radius 3 is 2.53 bits per heavy atom. The molecule has 1 amide bonds. The number of hydrogen-bond acceptors (Lipinski definition) is 3. The summed E-state index contributed by atoms with van der Waals surface area (Å²) in [6, 6.07) is 4.28. The molecule has 3 N–H and O–H groups in total. The van der Waals surface area contributed by atoms with Gasteiger partial charge in [-0.15, -0.1) is 0 Å². The average Bonchev–Trinajstić information content (AvgIpc) is 2.25. The summed E-state index contributed by atoms with van der Waals surface area (Å²) < 4.78 is 42.1. The number of rotatable bonds is 3. The molecule has 7 heteroatoms. The van der Waals surface area contributed by atoms with E-state index in [0.717, 1.165) is 12.1 Å². The zero-order valence-electron chi connectivity index (χ0n) is 10.5. The third-order valence-corrected chi connectivity index (χ3v) is 2.01. The molecule has 0 saturated carbocycles. The largest absolute Gasteiger partial charge is 0.447 e. The van der Waals surface area contributed by atoms with Crippen LogP contribution in [-0.4, -0.2) is 18.2 Å². The highest BCUT2D eigenvalue weighted by atomic mass is 19.4. The van der Waals surface area contributed by atoms with Crippen molar-refractivity contribution in [2.45, 2.75) is 25.6 Å². The quantitative estimate of drug-likeness (QED) is 0.892. The van der Waals surface area contributed by atoms with E-state index in [1.54, 1.807) is 13.8 Å². The number of nitrogens with two attached hydrogens (primary N) is 1. The standard InChI is InChI=1S/C12H15F3N2O2/c1-11(2,16)7-19-10(18)17-9-5-3-4-8(6-9)12(13,14)15/h3-6H,7,16H2,1-2H3,(H,17,18). The third-order valence-electron chi connectivity index (χ3n) is 2.01. The fourth-order valence-electron chi connectivity index (χ4n) is 1.18. The zero-order chi connectivity index (χ0) is 14.7. The van der Waals surface area contributed by atoms with Crippen LogP contribution in [0.15, 0.2) is 24.3 Å². The van der Waals surface area contributed by atoms with Gasteiger partial charge in [-0.25, -0.2) is 4.79 Å². The van der Waals surface area contributed by atoms with E-state index in [-0.39, 0.29) is 12.3 Å². The van der Waals surface area contributed by atoms with Gasteiger partial charge in [0.15, 0.2) is 0 Å². The molecule has 0 aliphatic rings. The Hall–Kier alpha value is -1.76. The van der Waals surface area contributed by atoms with Gasteiger partial charge in [0.1, 0.15) is 6.61 Å². The minimum Gasteiger partial charge on any atom is -0.447 e. The number of carbonyl (C=O) groups is 1. The van der Waals surface area contributed by atoms with Crippen LogP contribution in [-0.2, 0) is 10.9 Å². The second-order valence-corrected chi connectivity index (χ2v) is 4.77. The lowest BCUT2D eigenvalue weighted by atomic mass is 10.1. The Labute approximate surface area is 108 Å². The molecule has 4 nitrogen and oxygen atoms in total. The van der Waals surface area contributed by atoms with E-state index in [9.17, 15) is 18.0 Å². The maximum atomic E-state index is 12.4. The van der Waals surface area contributed by atoms with Crippen LogP contribution in [0, 0.1) is 0 Å². The normalized spacial score (nSPS) is 12.1. The molecular weight excluding hydrogens is 261 g/mol. The molecule has 0 fully saturated rings. The summed E-state index contributed by atoms with van der Waals surface area (Å²) >= 11 is 0. The smallest absolute Gasteiger partial charge is 0.416 e. The molecule has 19 heavy (non-hydrogen) atoms. The Morgan fingerprint density at radius 1 is 1.37 bits per heavy atom. The lowest BCUT2D eigenvalue weighted by molar-refractivity contribution is -0.137. The second-order valence-electron chi connectivity index (χ2n) is 4.77. The van der Waals surface area contributed by atoms with Crippen molar-refractivity contribution < 1.29 is 22.7 Å². The highest BCUT2D eigenvalue weighted by Crippen LogP contribution is 2.30. The predicted octanol–water partition coefficient (Wildman–Crippen LogP) is 2.99. The van der Waals surface area contributed by atoms with Gasteiger partial charge in [-0.2, -0.15) is 13.2 Å². The molecular formula is C12H15F3N2O2. The summed E-state index contributed by atoms with van der Waals surface area (Å²) in [5.41, 5.74) is 4.07. The van der Waals surface area contributed by atoms with Gasteiger partial charge in [0.25, 0.3) is 0 Å². The van der Waals surface area contributed by atoms with Crippen LogP contribution in [0.5, 0.6) is 0 Å². The van der Waals surface area contributed by atoms with Gasteiger partial charge < -0.3 is 10.5 Å². The maximum Gasteiger partial charge on any atom is 0.416 e. The fraction of sp³-hybridized carbons (Fsp3) is 0.417. The van der Waals surface area contributed by atoms with Crippen molar-refractivity contribution in [3.8, 4) is 0 Å². The van der Waals surface area contributed by atoms with E-state index in [4.69, 9.17) is 10.5 Å². The fourth-order valence-corrected chi connectivity index (χ4v) is 1.18. The summed E-state index contributed by atoms with van der Waals surface area (Å²) in [6.45, 7) is 3.27. The number of anilines is 1. The second kappa shape index (κ2) is 5.48. The first kappa shape index (κ1) is 15.3. The highest BCUT2D eigenvalue weighted by molar-refractivity contribution is 5.84. The molecule has 0 unspecified atom stereocenters. The van der Waals surface area contributed by atoms with Gasteiger partial charge in [0.2, 0.25) is 0 Å². The maximum absolute atomic E-state index is 12.4. The van der Waals surface area contributed by atoms with Crippen LogP contribution in [0.3, 0.4) is 0 Å². The van der Waals surface area contributed by atoms with Crippen LogP contribution in [0.2, 0.25) is 0 Å². The van der Waals surface area contributed by atoms with Crippen LogP contribution in [0.1, 0.15) is 19.4 Å². The number of benzene rings is 1. The first-order chi connectivity index (χ1) is 8.58. The molecule has 0 aliphatic carbocycles. The molecule has 0 bridgehead atoms. The lowest BCUT2D eigenvalue weighted by Gasteiger charge is -2.18. The third kappa shape index (κ3) is 5.60. The molecule has 0 spiro atoms. The Bertz CT molecular complexity index is 453. The van der Waals surface area contributed by atoms with Crippen molar-refractivity contribution in [3.63, 3.8) is 0 Å². The first-order valence-corrected chi connectivity index (χ1v) is 5.48. The van der Waals surface area contributed by atoms with Crippen LogP contribution < -0.4 is 11.1 Å². The van der Waals surface area contributed by atoms with Gasteiger partial charge >= 0.3 is 12.3 Å². The van der Waals surface area contributed by atoms with Gasteiger partial charge in [-0.3, -0.25) is 5.32 Å². The number of alkyl halides is 3. The molecule has 0 radical (unpaired) electrons. The Balaban J connectivity index is 2.65. The minimum absolute atomic E-state index is 0.00894. The van der Waals surface area contributed by atoms with Crippen molar-refractivity contribution >= 4 is 11.8 Å². The summed E-state index contributed by atoms with van der Waals surface area (Å²) in [7, 11) is 0. The lowest BCUT2D eigenvalue weighted by Crippen LogP contribution is -2.38. The molecule has 1 rings (SSSR count). The van der Waals surface area contributed by atoms with Crippen LogP contribution >= 0.6 is 0 Å². The zero-order valence-corrected chi connectivity index (χ0v) is 10.5. The van der Waals surface area contributed by atoms with Crippen molar-refractivity contribution in [3.05, 3.63) is 29.8 Å². The average molecular weight is 276 g/mol. The van der Waals surface area contributed by atoms with Crippen LogP contribution in [0.25, 0.3) is 0 Å². The molecule has 0 aromatic heterocycles. The number of ether oxygens (including phenoxy) is 1. The van der Waals surface area contributed by atoms with E-state index < -0.39 is 23.4 Å². The van der Waals surface area contributed by atoms with Crippen molar-refractivity contribution in [1.82, 2.24) is 0 Å². The molecule has 0 atom stereocenters. The van der Waals surface area contributed by atoms with Gasteiger partial charge in [0.05, 0.1) is 5.56 Å². The van der Waals surface area contributed by atoms with E-state index in [1.807, 2.05) is 0 Å². The number of hydrogen-bond donors (Lipinski definition) is 2. The first-order valence-electron chi connectivity index (χ1n) is 5.48. The number of halogens is 3. The number of carbonyl (C=O) groups excluding carboxylic acids is 1. The summed E-state index contributed by atoms with van der Waals surface area (Å²) in [6.07, 6.45) is -5.31. The molecule has 106 valence electrons. The van der Waals surface area contributed by atoms with Crippen LogP contribution in [0.4, 0.5) is 23.7 Å². The summed E-state index contributed by atoms with van der Waals surface area (Å²) in [5, 5.41) is 2.21. The number of amides is 1. The SMILES string of the molecule is CC(C)(N)COC(=O)Nc1cccc(C(F)(F)F)c1. The molecule has 1 aromatic rings. The molecule has 0 aliphatic heterocycles. The van der Waals surface area contributed by atoms with Gasteiger partial charge in [-0.05, 0) is 32.0 Å². The predicted molar refractivity (Wildman–Crippen MR) is 64.7 cm³/mol. The number of nitrogens with one attached hydrogen (secondary N) is 1.